The Morgan fingerprint density at radius 2 is 1.93 bits per heavy atom. The van der Waals surface area contributed by atoms with E-state index in [0.717, 1.165) is 5.56 Å². The van der Waals surface area contributed by atoms with Gasteiger partial charge in [0.15, 0.2) is 6.10 Å². The van der Waals surface area contributed by atoms with E-state index in [2.05, 4.69) is 10.1 Å². The first-order valence-electron chi connectivity index (χ1n) is 8.50. The van der Waals surface area contributed by atoms with E-state index in [1.807, 2.05) is 49.4 Å². The molecule has 0 aliphatic heterocycles. The Balaban J connectivity index is 1.63. The first-order valence-corrected chi connectivity index (χ1v) is 8.87. The molecule has 140 valence electrons. The van der Waals surface area contributed by atoms with Crippen molar-refractivity contribution in [2.75, 3.05) is 7.05 Å². The minimum atomic E-state index is -0.635. The van der Waals surface area contributed by atoms with Gasteiger partial charge >= 0.3 is 0 Å². The monoisotopic (exact) mass is 385 g/mol. The number of rotatable bonds is 6. The van der Waals surface area contributed by atoms with E-state index in [9.17, 15) is 4.79 Å². The van der Waals surface area contributed by atoms with Crippen LogP contribution in [0.15, 0.2) is 53.1 Å². The van der Waals surface area contributed by atoms with Crippen LogP contribution in [0.25, 0.3) is 11.4 Å². The molecule has 3 rings (SSSR count). The van der Waals surface area contributed by atoms with Gasteiger partial charge in [-0.2, -0.15) is 4.98 Å². The molecule has 27 heavy (non-hydrogen) atoms. The van der Waals surface area contributed by atoms with E-state index < -0.39 is 6.10 Å². The maximum absolute atomic E-state index is 12.5. The molecule has 0 saturated heterocycles. The fraction of sp³-hybridized carbons (Fsp3) is 0.250. The Kier molecular flexibility index (Phi) is 5.76. The lowest BCUT2D eigenvalue weighted by molar-refractivity contribution is -0.137. The fourth-order valence-corrected chi connectivity index (χ4v) is 2.75. The quantitative estimate of drug-likeness (QED) is 0.638. The van der Waals surface area contributed by atoms with Gasteiger partial charge in [0.1, 0.15) is 5.75 Å². The third-order valence-corrected chi connectivity index (χ3v) is 4.34. The molecule has 1 aromatic heterocycles. The highest BCUT2D eigenvalue weighted by molar-refractivity contribution is 6.33. The molecule has 0 aliphatic rings. The summed E-state index contributed by atoms with van der Waals surface area (Å²) in [5, 5.41) is 4.48. The second kappa shape index (κ2) is 8.22. The standard InChI is InChI=1S/C20H20ClN3O3/c1-13-8-10-15(11-9-13)26-14(2)20(25)24(3)12-18-22-19(23-27-18)16-6-4-5-7-17(16)21/h4-11,14H,12H2,1-3H3/t14-/m1/s1. The van der Waals surface area contributed by atoms with Crippen molar-refractivity contribution in [2.45, 2.75) is 26.5 Å². The second-order valence-electron chi connectivity index (χ2n) is 6.26. The van der Waals surface area contributed by atoms with Crippen molar-refractivity contribution in [3.8, 4) is 17.1 Å². The summed E-state index contributed by atoms with van der Waals surface area (Å²) < 4.78 is 11.0. The first kappa shape index (κ1) is 18.9. The molecule has 7 heteroatoms. The maximum Gasteiger partial charge on any atom is 0.263 e. The number of aromatic nitrogens is 2. The third kappa shape index (κ3) is 4.65. The largest absolute Gasteiger partial charge is 0.481 e. The van der Waals surface area contributed by atoms with E-state index in [4.69, 9.17) is 20.9 Å². The molecule has 0 saturated carbocycles. The highest BCUT2D eigenvalue weighted by atomic mass is 35.5. The molecule has 1 heterocycles. The molecule has 1 amide bonds. The molecule has 0 aliphatic carbocycles. The Morgan fingerprint density at radius 1 is 1.22 bits per heavy atom. The van der Waals surface area contributed by atoms with Gasteiger partial charge in [0.25, 0.3) is 5.91 Å². The molecule has 0 unspecified atom stereocenters. The van der Waals surface area contributed by atoms with Crippen LogP contribution >= 0.6 is 11.6 Å². The zero-order chi connectivity index (χ0) is 19.4. The summed E-state index contributed by atoms with van der Waals surface area (Å²) in [6, 6.07) is 14.8. The number of carbonyl (C=O) groups is 1. The molecule has 0 radical (unpaired) electrons. The number of likely N-dealkylation sites (N-methyl/N-ethyl adjacent to an activating group) is 1. The molecule has 0 bridgehead atoms. The van der Waals surface area contributed by atoms with Crippen molar-refractivity contribution in [2.24, 2.45) is 0 Å². The van der Waals surface area contributed by atoms with E-state index in [1.165, 1.54) is 4.90 Å². The number of amides is 1. The van der Waals surface area contributed by atoms with E-state index in [1.54, 1.807) is 20.0 Å². The van der Waals surface area contributed by atoms with E-state index in [-0.39, 0.29) is 12.5 Å². The topological polar surface area (TPSA) is 68.5 Å². The van der Waals surface area contributed by atoms with Crippen LogP contribution in [0.5, 0.6) is 5.75 Å². The lowest BCUT2D eigenvalue weighted by Crippen LogP contribution is -2.37. The number of hydrogen-bond acceptors (Lipinski definition) is 5. The molecular formula is C20H20ClN3O3. The zero-order valence-electron chi connectivity index (χ0n) is 15.3. The lowest BCUT2D eigenvalue weighted by Gasteiger charge is -2.20. The number of aryl methyl sites for hydroxylation is 1. The van der Waals surface area contributed by atoms with Crippen molar-refractivity contribution in [1.82, 2.24) is 15.0 Å². The molecule has 1 atom stereocenters. The predicted molar refractivity (Wildman–Crippen MR) is 102 cm³/mol. The number of hydrogen-bond donors (Lipinski definition) is 0. The summed E-state index contributed by atoms with van der Waals surface area (Å²) in [6.45, 7) is 3.88. The number of ether oxygens (including phenoxy) is 1. The van der Waals surface area contributed by atoms with Gasteiger partial charge in [-0.3, -0.25) is 4.79 Å². The van der Waals surface area contributed by atoms with Crippen LogP contribution in [0.3, 0.4) is 0 Å². The van der Waals surface area contributed by atoms with E-state index >= 15 is 0 Å². The van der Waals surface area contributed by atoms with Crippen LogP contribution in [0.1, 0.15) is 18.4 Å². The predicted octanol–water partition coefficient (Wildman–Crippen LogP) is 4.12. The molecule has 6 nitrogen and oxygen atoms in total. The highest BCUT2D eigenvalue weighted by Crippen LogP contribution is 2.25. The number of nitrogens with zero attached hydrogens (tertiary/aromatic N) is 3. The fourth-order valence-electron chi connectivity index (χ4n) is 2.53. The van der Waals surface area contributed by atoms with Crippen LogP contribution < -0.4 is 4.74 Å². The van der Waals surface area contributed by atoms with Gasteiger partial charge in [0, 0.05) is 12.6 Å². The van der Waals surface area contributed by atoms with Crippen molar-refractivity contribution < 1.29 is 14.1 Å². The van der Waals surface area contributed by atoms with Gasteiger partial charge in [-0.15, -0.1) is 0 Å². The summed E-state index contributed by atoms with van der Waals surface area (Å²) in [6.07, 6.45) is -0.635. The molecule has 0 N–H and O–H groups in total. The second-order valence-corrected chi connectivity index (χ2v) is 6.67. The molecule has 0 fully saturated rings. The van der Waals surface area contributed by atoms with Crippen molar-refractivity contribution in [3.63, 3.8) is 0 Å². The molecular weight excluding hydrogens is 366 g/mol. The van der Waals surface area contributed by atoms with Crippen LogP contribution in [-0.4, -0.2) is 34.1 Å². The average molecular weight is 386 g/mol. The number of carbonyl (C=O) groups excluding carboxylic acids is 1. The molecule has 0 spiro atoms. The SMILES string of the molecule is Cc1ccc(O[C@H](C)C(=O)N(C)Cc2nc(-c3ccccc3Cl)no2)cc1. The summed E-state index contributed by atoms with van der Waals surface area (Å²) >= 11 is 6.15. The Bertz CT molecular complexity index is 924. The van der Waals surface area contributed by atoms with Gasteiger partial charge in [0.2, 0.25) is 11.7 Å². The lowest BCUT2D eigenvalue weighted by atomic mass is 10.2. The Hall–Kier alpha value is -2.86. The van der Waals surface area contributed by atoms with E-state index in [0.29, 0.717) is 28.1 Å². The van der Waals surface area contributed by atoms with Crippen molar-refractivity contribution in [1.29, 1.82) is 0 Å². The third-order valence-electron chi connectivity index (χ3n) is 4.01. The van der Waals surface area contributed by atoms with Gasteiger partial charge in [0.05, 0.1) is 11.6 Å². The van der Waals surface area contributed by atoms with Gasteiger partial charge in [-0.25, -0.2) is 0 Å². The number of halogens is 1. The van der Waals surface area contributed by atoms with Gasteiger partial charge < -0.3 is 14.2 Å². The van der Waals surface area contributed by atoms with Crippen molar-refractivity contribution >= 4 is 17.5 Å². The van der Waals surface area contributed by atoms with Crippen LogP contribution in [0.4, 0.5) is 0 Å². The van der Waals surface area contributed by atoms with Gasteiger partial charge in [-0.05, 0) is 38.1 Å². The van der Waals surface area contributed by atoms with Crippen LogP contribution in [0, 0.1) is 6.92 Å². The van der Waals surface area contributed by atoms with Gasteiger partial charge in [-0.1, -0.05) is 46.6 Å². The number of benzene rings is 2. The smallest absolute Gasteiger partial charge is 0.263 e. The van der Waals surface area contributed by atoms with Crippen LogP contribution in [0.2, 0.25) is 5.02 Å². The minimum absolute atomic E-state index is 0.178. The average Bonchev–Trinajstić information content (AvgIpc) is 3.11. The summed E-state index contributed by atoms with van der Waals surface area (Å²) in [4.78, 5) is 18.3. The Labute approximate surface area is 162 Å². The molecule has 2 aromatic carbocycles. The zero-order valence-corrected chi connectivity index (χ0v) is 16.1. The van der Waals surface area contributed by atoms with Crippen molar-refractivity contribution in [3.05, 3.63) is 65.0 Å². The minimum Gasteiger partial charge on any atom is -0.481 e. The summed E-state index contributed by atoms with van der Waals surface area (Å²) in [5.74, 6) is 1.17. The summed E-state index contributed by atoms with van der Waals surface area (Å²) in [7, 11) is 1.66. The maximum atomic E-state index is 12.5. The normalized spacial score (nSPS) is 11.9. The highest BCUT2D eigenvalue weighted by Gasteiger charge is 2.21. The first-order chi connectivity index (χ1) is 12.9. The summed E-state index contributed by atoms with van der Waals surface area (Å²) in [5.41, 5.74) is 1.81. The Morgan fingerprint density at radius 3 is 2.63 bits per heavy atom. The molecule has 3 aromatic rings. The van der Waals surface area contributed by atoms with Crippen LogP contribution in [-0.2, 0) is 11.3 Å².